The number of nitrogens with zero attached hydrogens (tertiary/aromatic N) is 2. The molecule has 11 aromatic rings. The largest absolute Gasteiger partial charge is 0.455 e. The third-order valence-electron chi connectivity index (χ3n) is 10.9. The van der Waals surface area contributed by atoms with Gasteiger partial charge in [0.15, 0.2) is 5.58 Å². The Morgan fingerprint density at radius 2 is 0.982 bits per heavy atom. The molecule has 0 unspecified atom stereocenters. The third kappa shape index (κ3) is 5.83. The highest BCUT2D eigenvalue weighted by atomic mass is 16.4. The summed E-state index contributed by atoms with van der Waals surface area (Å²) in [6.07, 6.45) is 0. The van der Waals surface area contributed by atoms with Gasteiger partial charge in [-0.05, 0) is 105 Å². The molecule has 0 aliphatic rings. The summed E-state index contributed by atoms with van der Waals surface area (Å²) in [6, 6.07) is 72.4. The summed E-state index contributed by atoms with van der Waals surface area (Å²) in [4.78, 5) is 7.14. The van der Waals surface area contributed by atoms with E-state index in [-0.39, 0.29) is 0 Å². The predicted molar refractivity (Wildman–Crippen MR) is 235 cm³/mol. The average Bonchev–Trinajstić information content (AvgIpc) is 3.90. The number of anilines is 3. The van der Waals surface area contributed by atoms with Gasteiger partial charge in [0.2, 0.25) is 5.89 Å². The van der Waals surface area contributed by atoms with E-state index >= 15 is 0 Å². The number of rotatable bonds is 7. The van der Waals surface area contributed by atoms with E-state index in [0.717, 1.165) is 72.4 Å². The van der Waals surface area contributed by atoms with E-state index in [1.54, 1.807) is 0 Å². The molecule has 0 atom stereocenters. The van der Waals surface area contributed by atoms with Crippen LogP contribution in [0, 0.1) is 0 Å². The van der Waals surface area contributed by atoms with Crippen molar-refractivity contribution in [1.82, 2.24) is 4.98 Å². The van der Waals surface area contributed by atoms with Crippen LogP contribution >= 0.6 is 0 Å². The molecule has 0 saturated carbocycles. The highest BCUT2D eigenvalue weighted by Gasteiger charge is 2.20. The van der Waals surface area contributed by atoms with Crippen LogP contribution in [0.4, 0.5) is 17.1 Å². The van der Waals surface area contributed by atoms with Crippen molar-refractivity contribution in [3.05, 3.63) is 206 Å². The van der Waals surface area contributed by atoms with Crippen molar-refractivity contribution in [2.75, 3.05) is 4.90 Å². The van der Waals surface area contributed by atoms with Crippen LogP contribution in [0.2, 0.25) is 0 Å². The first-order valence-corrected chi connectivity index (χ1v) is 19.2. The molecule has 0 saturated heterocycles. The molecule has 2 heterocycles. The lowest BCUT2D eigenvalue weighted by Gasteiger charge is -2.26. The minimum atomic E-state index is 0.598. The van der Waals surface area contributed by atoms with E-state index in [4.69, 9.17) is 13.8 Å². The average molecular weight is 731 g/mol. The lowest BCUT2D eigenvalue weighted by Crippen LogP contribution is -2.10. The van der Waals surface area contributed by atoms with Gasteiger partial charge in [0, 0.05) is 33.6 Å². The van der Waals surface area contributed by atoms with Crippen LogP contribution in [-0.4, -0.2) is 4.98 Å². The fourth-order valence-electron chi connectivity index (χ4n) is 8.06. The summed E-state index contributed by atoms with van der Waals surface area (Å²) >= 11 is 0. The number of hydrogen-bond donors (Lipinski definition) is 0. The van der Waals surface area contributed by atoms with Crippen LogP contribution in [0.1, 0.15) is 0 Å². The van der Waals surface area contributed by atoms with Crippen molar-refractivity contribution in [3.8, 4) is 44.8 Å². The van der Waals surface area contributed by atoms with Gasteiger partial charge in [0.1, 0.15) is 16.7 Å². The lowest BCUT2D eigenvalue weighted by atomic mass is 10.00. The number of para-hydroxylation sites is 1. The van der Waals surface area contributed by atoms with Crippen LogP contribution in [0.25, 0.3) is 88.6 Å². The number of furan rings is 1. The van der Waals surface area contributed by atoms with Gasteiger partial charge in [-0.3, -0.25) is 0 Å². The summed E-state index contributed by atoms with van der Waals surface area (Å²) < 4.78 is 13.0. The molecule has 0 bridgehead atoms. The summed E-state index contributed by atoms with van der Waals surface area (Å²) in [5, 5.41) is 4.42. The van der Waals surface area contributed by atoms with E-state index in [1.165, 1.54) is 27.5 Å². The third-order valence-corrected chi connectivity index (χ3v) is 10.9. The quantitative estimate of drug-likeness (QED) is 0.164. The molecule has 9 aromatic carbocycles. The molecule has 4 heteroatoms. The number of aromatic nitrogens is 1. The van der Waals surface area contributed by atoms with E-state index in [0.29, 0.717) is 5.89 Å². The van der Waals surface area contributed by atoms with Gasteiger partial charge in [-0.25, -0.2) is 4.98 Å². The Hall–Kier alpha value is -7.69. The molecule has 0 N–H and O–H groups in total. The molecule has 0 amide bonds. The molecule has 0 aliphatic carbocycles. The van der Waals surface area contributed by atoms with E-state index < -0.39 is 0 Å². The fourth-order valence-corrected chi connectivity index (χ4v) is 8.06. The zero-order chi connectivity index (χ0) is 37.7. The van der Waals surface area contributed by atoms with Crippen molar-refractivity contribution in [2.24, 2.45) is 0 Å². The molecule has 0 radical (unpaired) electrons. The Morgan fingerprint density at radius 3 is 1.75 bits per heavy atom. The van der Waals surface area contributed by atoms with Crippen LogP contribution in [0.3, 0.4) is 0 Å². The first-order chi connectivity index (χ1) is 28.2. The minimum absolute atomic E-state index is 0.598. The Bertz CT molecular complexity index is 3220. The van der Waals surface area contributed by atoms with Crippen molar-refractivity contribution < 1.29 is 8.83 Å². The standard InChI is InChI=1S/C53H34N2O2/c1-3-11-35(12-4-1)41-17-9-18-45(34-41)55(43-27-23-37(24-28-43)42-22-21-36-13-7-8-16-40(36)33-42)44-29-25-38(26-30-44)46-19-10-20-47-50-49(56-51(46)47)32-31-48-52(50)57-53(54-48)39-14-5-2-6-15-39/h1-34H. The molecule has 4 nitrogen and oxygen atoms in total. The van der Waals surface area contributed by atoms with Crippen LogP contribution in [-0.2, 0) is 0 Å². The molecule has 268 valence electrons. The Kier molecular flexibility index (Phi) is 7.78. The summed E-state index contributed by atoms with van der Waals surface area (Å²) in [5.41, 5.74) is 14.1. The monoisotopic (exact) mass is 730 g/mol. The zero-order valence-electron chi connectivity index (χ0n) is 30.8. The van der Waals surface area contributed by atoms with Crippen molar-refractivity contribution in [1.29, 1.82) is 0 Å². The van der Waals surface area contributed by atoms with E-state index in [2.05, 4.69) is 169 Å². The number of oxazole rings is 1. The molecule has 0 aliphatic heterocycles. The fraction of sp³-hybridized carbons (Fsp3) is 0. The normalized spacial score (nSPS) is 11.5. The van der Waals surface area contributed by atoms with Gasteiger partial charge in [-0.15, -0.1) is 0 Å². The summed E-state index contributed by atoms with van der Waals surface area (Å²) in [5.74, 6) is 0.598. The predicted octanol–water partition coefficient (Wildman–Crippen LogP) is 15.0. The SMILES string of the molecule is c1ccc(-c2cccc(N(c3ccc(-c4ccc5ccccc5c4)cc3)c3ccc(-c4cccc5c4oc4ccc6nc(-c7ccccc7)oc6c45)cc3)c2)cc1. The van der Waals surface area contributed by atoms with Crippen molar-refractivity contribution >= 4 is 60.9 Å². The molecule has 2 aromatic heterocycles. The van der Waals surface area contributed by atoms with Crippen molar-refractivity contribution in [2.45, 2.75) is 0 Å². The molecule has 57 heavy (non-hydrogen) atoms. The molecular formula is C53H34N2O2. The van der Waals surface area contributed by atoms with Gasteiger partial charge >= 0.3 is 0 Å². The number of benzene rings is 9. The molecule has 0 fully saturated rings. The zero-order valence-corrected chi connectivity index (χ0v) is 30.8. The van der Waals surface area contributed by atoms with Gasteiger partial charge in [0.05, 0.1) is 5.39 Å². The van der Waals surface area contributed by atoms with Crippen LogP contribution in [0.5, 0.6) is 0 Å². The smallest absolute Gasteiger partial charge is 0.227 e. The highest BCUT2D eigenvalue weighted by Crippen LogP contribution is 2.42. The summed E-state index contributed by atoms with van der Waals surface area (Å²) in [7, 11) is 0. The van der Waals surface area contributed by atoms with Gasteiger partial charge < -0.3 is 13.7 Å². The highest BCUT2D eigenvalue weighted by molar-refractivity contribution is 6.18. The molecular weight excluding hydrogens is 697 g/mol. The Morgan fingerprint density at radius 1 is 0.368 bits per heavy atom. The molecule has 0 spiro atoms. The maximum atomic E-state index is 6.61. The maximum absolute atomic E-state index is 6.61. The second kappa shape index (κ2) is 13.6. The molecule has 11 rings (SSSR count). The Labute approximate surface area is 329 Å². The number of hydrogen-bond acceptors (Lipinski definition) is 4. The summed E-state index contributed by atoms with van der Waals surface area (Å²) in [6.45, 7) is 0. The van der Waals surface area contributed by atoms with Gasteiger partial charge in [0.25, 0.3) is 0 Å². The van der Waals surface area contributed by atoms with E-state index in [9.17, 15) is 0 Å². The number of fused-ring (bicyclic) bond motifs is 6. The van der Waals surface area contributed by atoms with Crippen LogP contribution in [0.15, 0.2) is 215 Å². The van der Waals surface area contributed by atoms with Crippen molar-refractivity contribution in [3.63, 3.8) is 0 Å². The van der Waals surface area contributed by atoms with Gasteiger partial charge in [-0.1, -0.05) is 140 Å². The topological polar surface area (TPSA) is 42.4 Å². The maximum Gasteiger partial charge on any atom is 0.227 e. The second-order valence-corrected chi connectivity index (χ2v) is 14.4. The van der Waals surface area contributed by atoms with Crippen LogP contribution < -0.4 is 4.90 Å². The second-order valence-electron chi connectivity index (χ2n) is 14.4. The minimum Gasteiger partial charge on any atom is -0.455 e. The first kappa shape index (κ1) is 32.7. The Balaban J connectivity index is 0.992. The lowest BCUT2D eigenvalue weighted by molar-refractivity contribution is 0.622. The van der Waals surface area contributed by atoms with Gasteiger partial charge in [-0.2, -0.15) is 0 Å². The van der Waals surface area contributed by atoms with E-state index in [1.807, 2.05) is 42.5 Å². The first-order valence-electron chi connectivity index (χ1n) is 19.2.